The molecule has 21 heavy (non-hydrogen) atoms. The van der Waals surface area contributed by atoms with Crippen LogP contribution in [0.15, 0.2) is 6.20 Å². The van der Waals surface area contributed by atoms with Gasteiger partial charge in [-0.05, 0) is 0 Å². The largest absolute Gasteiger partial charge is 0.464 e. The van der Waals surface area contributed by atoms with Crippen LogP contribution in [0.3, 0.4) is 0 Å². The van der Waals surface area contributed by atoms with Crippen LogP contribution >= 0.6 is 0 Å². The fourth-order valence-electron chi connectivity index (χ4n) is 1.39. The molecule has 0 aliphatic carbocycles. The molecule has 0 atom stereocenters. The van der Waals surface area contributed by atoms with Gasteiger partial charge in [0.15, 0.2) is 5.69 Å². The average Bonchev–Trinajstić information content (AvgIpc) is 2.97. The van der Waals surface area contributed by atoms with E-state index in [-0.39, 0.29) is 5.69 Å². The van der Waals surface area contributed by atoms with E-state index < -0.39 is 5.97 Å². The quantitative estimate of drug-likeness (QED) is 0.389. The monoisotopic (exact) mass is 302 g/mol. The maximum atomic E-state index is 11.2. The molecule has 9 nitrogen and oxygen atoms in total. The molecule has 0 saturated heterocycles. The molecule has 0 spiro atoms. The lowest BCUT2D eigenvalue weighted by Gasteiger charge is -2.06. The van der Waals surface area contributed by atoms with Crippen molar-refractivity contribution in [3.63, 3.8) is 0 Å². The molecule has 0 fully saturated rings. The van der Waals surface area contributed by atoms with Gasteiger partial charge in [0.1, 0.15) is 0 Å². The zero-order valence-electron chi connectivity index (χ0n) is 12.2. The zero-order chi connectivity index (χ0) is 15.3. The van der Waals surface area contributed by atoms with Crippen LogP contribution in [0.25, 0.3) is 0 Å². The number of esters is 1. The number of aromatic nitrogens is 3. The maximum Gasteiger partial charge on any atom is 0.360 e. The van der Waals surface area contributed by atoms with Gasteiger partial charge in [-0.25, -0.2) is 9.48 Å². The standard InChI is InChI=1S/C12H22N4O5/c1-18-12(17)11-10-16(15-14-11)3-5-20-7-9-21-8-6-19-4-2-13/h10H,2-9,13H2,1H3. The van der Waals surface area contributed by atoms with E-state index in [4.69, 9.17) is 19.9 Å². The maximum absolute atomic E-state index is 11.2. The molecule has 0 saturated carbocycles. The predicted octanol–water partition coefficient (Wildman–Crippen LogP) is -0.927. The first kappa shape index (κ1) is 17.5. The summed E-state index contributed by atoms with van der Waals surface area (Å²) in [7, 11) is 1.30. The van der Waals surface area contributed by atoms with E-state index in [1.54, 1.807) is 0 Å². The van der Waals surface area contributed by atoms with Crippen molar-refractivity contribution in [3.05, 3.63) is 11.9 Å². The molecule has 1 aromatic rings. The zero-order valence-corrected chi connectivity index (χ0v) is 12.2. The molecule has 0 aliphatic rings. The third kappa shape index (κ3) is 7.71. The first-order valence-corrected chi connectivity index (χ1v) is 6.69. The van der Waals surface area contributed by atoms with E-state index in [0.29, 0.717) is 52.7 Å². The van der Waals surface area contributed by atoms with Crippen molar-refractivity contribution in [1.29, 1.82) is 0 Å². The van der Waals surface area contributed by atoms with Crippen molar-refractivity contribution in [2.24, 2.45) is 5.73 Å². The summed E-state index contributed by atoms with van der Waals surface area (Å²) < 4.78 is 21.9. The van der Waals surface area contributed by atoms with Gasteiger partial charge in [-0.1, -0.05) is 5.21 Å². The first-order valence-electron chi connectivity index (χ1n) is 6.69. The number of rotatable bonds is 12. The Kier molecular flexibility index (Phi) is 9.29. The van der Waals surface area contributed by atoms with Crippen LogP contribution in [0.1, 0.15) is 10.5 Å². The lowest BCUT2D eigenvalue weighted by Crippen LogP contribution is -2.14. The lowest BCUT2D eigenvalue weighted by atomic mass is 10.5. The predicted molar refractivity (Wildman–Crippen MR) is 72.9 cm³/mol. The van der Waals surface area contributed by atoms with Crippen molar-refractivity contribution in [2.75, 3.05) is 53.3 Å². The van der Waals surface area contributed by atoms with E-state index >= 15 is 0 Å². The van der Waals surface area contributed by atoms with Gasteiger partial charge in [0.25, 0.3) is 0 Å². The topological polar surface area (TPSA) is 111 Å². The van der Waals surface area contributed by atoms with E-state index in [1.165, 1.54) is 18.0 Å². The number of nitrogens with two attached hydrogens (primary N) is 1. The van der Waals surface area contributed by atoms with Gasteiger partial charge in [-0.2, -0.15) is 0 Å². The minimum Gasteiger partial charge on any atom is -0.464 e. The van der Waals surface area contributed by atoms with E-state index in [0.717, 1.165) is 0 Å². The molecular weight excluding hydrogens is 280 g/mol. The van der Waals surface area contributed by atoms with Gasteiger partial charge >= 0.3 is 5.97 Å². The smallest absolute Gasteiger partial charge is 0.360 e. The molecule has 9 heteroatoms. The number of nitrogens with zero attached hydrogens (tertiary/aromatic N) is 3. The number of ether oxygens (including phenoxy) is 4. The van der Waals surface area contributed by atoms with Gasteiger partial charge in [-0.3, -0.25) is 0 Å². The molecular formula is C12H22N4O5. The molecule has 1 rings (SSSR count). The Hall–Kier alpha value is -1.55. The molecule has 0 aliphatic heterocycles. The Morgan fingerprint density at radius 3 is 2.38 bits per heavy atom. The number of hydrogen-bond acceptors (Lipinski definition) is 8. The molecule has 1 aromatic heterocycles. The molecule has 0 unspecified atom stereocenters. The summed E-state index contributed by atoms with van der Waals surface area (Å²) in [5.41, 5.74) is 5.45. The minimum absolute atomic E-state index is 0.179. The van der Waals surface area contributed by atoms with Gasteiger partial charge in [0.2, 0.25) is 0 Å². The molecule has 1 heterocycles. The van der Waals surface area contributed by atoms with Crippen LogP contribution in [0, 0.1) is 0 Å². The van der Waals surface area contributed by atoms with E-state index in [2.05, 4.69) is 15.0 Å². The van der Waals surface area contributed by atoms with Gasteiger partial charge in [0, 0.05) is 6.54 Å². The highest BCUT2D eigenvalue weighted by Gasteiger charge is 2.09. The number of methoxy groups -OCH3 is 1. The van der Waals surface area contributed by atoms with Crippen molar-refractivity contribution < 1.29 is 23.7 Å². The van der Waals surface area contributed by atoms with E-state index in [9.17, 15) is 4.79 Å². The molecule has 0 aromatic carbocycles. The molecule has 2 N–H and O–H groups in total. The summed E-state index contributed by atoms with van der Waals surface area (Å²) >= 11 is 0. The van der Waals surface area contributed by atoms with Crippen molar-refractivity contribution in [2.45, 2.75) is 6.54 Å². The summed E-state index contributed by atoms with van der Waals surface area (Å²) in [6.07, 6.45) is 1.51. The van der Waals surface area contributed by atoms with Gasteiger partial charge in [-0.15, -0.1) is 5.10 Å². The first-order chi connectivity index (χ1) is 10.3. The normalized spacial score (nSPS) is 10.8. The fraction of sp³-hybridized carbons (Fsp3) is 0.750. The highest BCUT2D eigenvalue weighted by Crippen LogP contribution is 1.95. The van der Waals surface area contributed by atoms with Crippen LogP contribution in [0.4, 0.5) is 0 Å². The Balaban J connectivity index is 1.97. The second-order valence-corrected chi connectivity index (χ2v) is 3.98. The SMILES string of the molecule is COC(=O)c1cn(CCOCCOCCOCCN)nn1. The van der Waals surface area contributed by atoms with E-state index in [1.807, 2.05) is 0 Å². The molecule has 0 radical (unpaired) electrons. The highest BCUT2D eigenvalue weighted by molar-refractivity contribution is 5.86. The summed E-state index contributed by atoms with van der Waals surface area (Å²) in [5.74, 6) is -0.507. The van der Waals surface area contributed by atoms with Crippen LogP contribution in [0.5, 0.6) is 0 Å². The van der Waals surface area contributed by atoms with Crippen LogP contribution < -0.4 is 5.73 Å². The lowest BCUT2D eigenvalue weighted by molar-refractivity contribution is 0.0141. The summed E-state index contributed by atoms with van der Waals surface area (Å²) in [5, 5.41) is 7.48. The van der Waals surface area contributed by atoms with Gasteiger partial charge in [0.05, 0.1) is 59.5 Å². The molecule has 120 valence electrons. The Morgan fingerprint density at radius 1 is 1.14 bits per heavy atom. The molecule has 0 bridgehead atoms. The fourth-order valence-corrected chi connectivity index (χ4v) is 1.39. The molecule has 0 amide bonds. The third-order valence-corrected chi connectivity index (χ3v) is 2.40. The summed E-state index contributed by atoms with van der Waals surface area (Å²) in [6, 6.07) is 0. The van der Waals surface area contributed by atoms with Crippen LogP contribution in [0.2, 0.25) is 0 Å². The van der Waals surface area contributed by atoms with Crippen molar-refractivity contribution in [3.8, 4) is 0 Å². The second-order valence-electron chi connectivity index (χ2n) is 3.98. The minimum atomic E-state index is -0.507. The van der Waals surface area contributed by atoms with Crippen LogP contribution in [-0.2, 0) is 25.5 Å². The van der Waals surface area contributed by atoms with Crippen molar-refractivity contribution >= 4 is 5.97 Å². The van der Waals surface area contributed by atoms with Gasteiger partial charge < -0.3 is 24.7 Å². The third-order valence-electron chi connectivity index (χ3n) is 2.40. The Bertz CT molecular complexity index is 399. The number of carbonyl (C=O) groups excluding carboxylic acids is 1. The summed E-state index contributed by atoms with van der Waals surface area (Å²) in [6.45, 7) is 4.06. The number of hydrogen-bond donors (Lipinski definition) is 1. The van der Waals surface area contributed by atoms with Crippen molar-refractivity contribution in [1.82, 2.24) is 15.0 Å². The van der Waals surface area contributed by atoms with Crippen LogP contribution in [-0.4, -0.2) is 74.3 Å². The summed E-state index contributed by atoms with van der Waals surface area (Å²) in [4.78, 5) is 11.2. The Morgan fingerprint density at radius 2 is 1.76 bits per heavy atom. The second kappa shape index (κ2) is 11.1. The highest BCUT2D eigenvalue weighted by atomic mass is 16.5. The average molecular weight is 302 g/mol. The Labute approximate surface area is 123 Å². The number of carbonyl (C=O) groups is 1.